The van der Waals surface area contributed by atoms with Crippen molar-refractivity contribution in [1.29, 1.82) is 10.5 Å². The number of halogens is 3. The van der Waals surface area contributed by atoms with Crippen molar-refractivity contribution in [3.8, 4) is 12.1 Å². The fraction of sp³-hybridized carbons (Fsp3) is 0. The summed E-state index contributed by atoms with van der Waals surface area (Å²) in [6.07, 6.45) is 0. The van der Waals surface area contributed by atoms with Gasteiger partial charge in [-0.1, -0.05) is 0 Å². The molecule has 0 aliphatic rings. The number of nitrogens with one attached hydrogen (secondary N) is 2. The third-order valence-electron chi connectivity index (χ3n) is 2.02. The van der Waals surface area contributed by atoms with Crippen LogP contribution in [0, 0.1) is 40.1 Å². The number of amides is 2. The molecule has 0 aliphatic heterocycles. The van der Waals surface area contributed by atoms with Crippen LogP contribution in [0.1, 0.15) is 0 Å². The van der Waals surface area contributed by atoms with Gasteiger partial charge in [0.15, 0.2) is 23.1 Å². The summed E-state index contributed by atoms with van der Waals surface area (Å²) in [5.74, 6) is -4.77. The predicted molar refractivity (Wildman–Crippen MR) is 60.9 cm³/mol. The van der Waals surface area contributed by atoms with E-state index in [2.05, 4.69) is 0 Å². The summed E-state index contributed by atoms with van der Waals surface area (Å²) >= 11 is 0. The summed E-state index contributed by atoms with van der Waals surface area (Å²) < 4.78 is 38.8. The normalized spacial score (nSPS) is 10.8. The van der Waals surface area contributed by atoms with Gasteiger partial charge in [0.2, 0.25) is 0 Å². The number of nitriles is 2. The van der Waals surface area contributed by atoms with Gasteiger partial charge in [0.1, 0.15) is 17.8 Å². The van der Waals surface area contributed by atoms with Gasteiger partial charge in [-0.15, -0.1) is 0 Å². The fourth-order valence-electron chi connectivity index (χ4n) is 1.10. The van der Waals surface area contributed by atoms with Crippen molar-refractivity contribution in [3.05, 3.63) is 41.0 Å². The van der Waals surface area contributed by atoms with Crippen molar-refractivity contribution in [2.75, 3.05) is 5.32 Å². The Kier molecular flexibility index (Phi) is 4.54. The first-order valence-corrected chi connectivity index (χ1v) is 4.92. The fourth-order valence-corrected chi connectivity index (χ4v) is 1.10. The maximum absolute atomic E-state index is 13.3. The smallest absolute Gasteiger partial charge is 0.324 e. The van der Waals surface area contributed by atoms with E-state index in [1.165, 1.54) is 12.1 Å². The van der Waals surface area contributed by atoms with Gasteiger partial charge in [-0.3, -0.25) is 5.32 Å². The first-order valence-electron chi connectivity index (χ1n) is 4.92. The van der Waals surface area contributed by atoms with Crippen LogP contribution in [-0.2, 0) is 0 Å². The molecule has 1 aromatic rings. The lowest BCUT2D eigenvalue weighted by Crippen LogP contribution is -2.30. The lowest BCUT2D eigenvalue weighted by atomic mass is 10.3. The van der Waals surface area contributed by atoms with Crippen molar-refractivity contribution in [2.45, 2.75) is 0 Å². The minimum absolute atomic E-state index is 0.562. The zero-order valence-corrected chi connectivity index (χ0v) is 9.67. The van der Waals surface area contributed by atoms with Gasteiger partial charge in [0.05, 0.1) is 5.69 Å². The van der Waals surface area contributed by atoms with Crippen LogP contribution < -0.4 is 16.4 Å². The van der Waals surface area contributed by atoms with E-state index in [0.717, 1.165) is 6.07 Å². The zero-order valence-electron chi connectivity index (χ0n) is 9.67. The molecule has 0 spiro atoms. The standard InChI is InChI=1S/C11H6F3N5O/c12-5-1-2-7(10(14)9(5)13)18-11(20)19-8(4-16)6(17)3-15/h1-2H,17H2,(H2,18,19,20)/b8-6-. The number of rotatable bonds is 2. The molecule has 0 bridgehead atoms. The van der Waals surface area contributed by atoms with E-state index < -0.39 is 40.6 Å². The molecule has 0 aromatic heterocycles. The van der Waals surface area contributed by atoms with E-state index in [0.29, 0.717) is 6.07 Å². The minimum atomic E-state index is -1.75. The van der Waals surface area contributed by atoms with Crippen LogP contribution in [0.3, 0.4) is 0 Å². The summed E-state index contributed by atoms with van der Waals surface area (Å²) in [5.41, 5.74) is 3.35. The Morgan fingerprint density at radius 3 is 2.35 bits per heavy atom. The molecule has 0 aliphatic carbocycles. The van der Waals surface area contributed by atoms with E-state index >= 15 is 0 Å². The Balaban J connectivity index is 2.92. The number of carbonyl (C=O) groups excluding carboxylic acids is 1. The Hall–Kier alpha value is -3.20. The third-order valence-corrected chi connectivity index (χ3v) is 2.02. The molecule has 0 saturated carbocycles. The molecule has 1 aromatic carbocycles. The Labute approximate surface area is 110 Å². The van der Waals surface area contributed by atoms with Gasteiger partial charge in [-0.25, -0.2) is 18.0 Å². The van der Waals surface area contributed by atoms with Crippen molar-refractivity contribution in [3.63, 3.8) is 0 Å². The number of allylic oxidation sites excluding steroid dienone is 2. The van der Waals surface area contributed by atoms with Gasteiger partial charge >= 0.3 is 6.03 Å². The van der Waals surface area contributed by atoms with E-state index in [4.69, 9.17) is 16.3 Å². The molecule has 0 atom stereocenters. The molecule has 102 valence electrons. The third kappa shape index (κ3) is 3.17. The van der Waals surface area contributed by atoms with Gasteiger partial charge in [-0.05, 0) is 12.1 Å². The summed E-state index contributed by atoms with van der Waals surface area (Å²) in [4.78, 5) is 11.4. The molecular formula is C11H6F3N5O. The van der Waals surface area contributed by atoms with Crippen molar-refractivity contribution >= 4 is 11.7 Å². The van der Waals surface area contributed by atoms with Crippen molar-refractivity contribution < 1.29 is 18.0 Å². The molecule has 0 fully saturated rings. The van der Waals surface area contributed by atoms with E-state index in [-0.39, 0.29) is 0 Å². The lowest BCUT2D eigenvalue weighted by molar-refractivity contribution is 0.254. The molecule has 2 amide bonds. The van der Waals surface area contributed by atoms with Crippen molar-refractivity contribution in [1.82, 2.24) is 5.32 Å². The molecular weight excluding hydrogens is 275 g/mol. The van der Waals surface area contributed by atoms with Gasteiger partial charge < -0.3 is 11.1 Å². The van der Waals surface area contributed by atoms with Gasteiger partial charge in [0.25, 0.3) is 0 Å². The van der Waals surface area contributed by atoms with Crippen LogP contribution in [0.2, 0.25) is 0 Å². The summed E-state index contributed by atoms with van der Waals surface area (Å²) in [6, 6.07) is 3.11. The lowest BCUT2D eigenvalue weighted by Gasteiger charge is -2.08. The number of urea groups is 1. The van der Waals surface area contributed by atoms with E-state index in [1.54, 1.807) is 0 Å². The molecule has 1 rings (SSSR count). The second kappa shape index (κ2) is 6.11. The maximum atomic E-state index is 13.3. The molecule has 0 unspecified atom stereocenters. The number of carbonyl (C=O) groups is 1. The molecule has 20 heavy (non-hydrogen) atoms. The van der Waals surface area contributed by atoms with Gasteiger partial charge in [-0.2, -0.15) is 10.5 Å². The van der Waals surface area contributed by atoms with Crippen LogP contribution in [-0.4, -0.2) is 6.03 Å². The molecule has 0 saturated heterocycles. The van der Waals surface area contributed by atoms with Gasteiger partial charge in [0, 0.05) is 0 Å². The molecule has 4 N–H and O–H groups in total. The summed E-state index contributed by atoms with van der Waals surface area (Å²) in [6.45, 7) is 0. The monoisotopic (exact) mass is 281 g/mol. The quantitative estimate of drug-likeness (QED) is 0.562. The number of nitrogens with zero attached hydrogens (tertiary/aromatic N) is 2. The van der Waals surface area contributed by atoms with Crippen LogP contribution in [0.5, 0.6) is 0 Å². The Morgan fingerprint density at radius 1 is 1.15 bits per heavy atom. The Bertz CT molecular complexity index is 672. The van der Waals surface area contributed by atoms with Crippen LogP contribution in [0.15, 0.2) is 23.5 Å². The average Bonchev–Trinajstić information content (AvgIpc) is 2.44. The number of nitrogens with two attached hydrogens (primary N) is 1. The number of anilines is 1. The van der Waals surface area contributed by atoms with E-state index in [9.17, 15) is 18.0 Å². The first kappa shape index (κ1) is 14.9. The number of hydrogen-bond donors (Lipinski definition) is 3. The highest BCUT2D eigenvalue weighted by Gasteiger charge is 2.16. The number of benzene rings is 1. The molecule has 6 nitrogen and oxygen atoms in total. The van der Waals surface area contributed by atoms with Crippen LogP contribution in [0.4, 0.5) is 23.7 Å². The highest BCUT2D eigenvalue weighted by molar-refractivity contribution is 5.91. The van der Waals surface area contributed by atoms with Crippen LogP contribution >= 0.6 is 0 Å². The molecule has 9 heteroatoms. The average molecular weight is 281 g/mol. The van der Waals surface area contributed by atoms with Crippen molar-refractivity contribution in [2.24, 2.45) is 5.73 Å². The first-order chi connectivity index (χ1) is 9.40. The zero-order chi connectivity index (χ0) is 15.3. The largest absolute Gasteiger partial charge is 0.388 e. The number of hydrogen-bond acceptors (Lipinski definition) is 4. The predicted octanol–water partition coefficient (Wildman–Crippen LogP) is 1.44. The van der Waals surface area contributed by atoms with E-state index in [1.807, 2.05) is 10.6 Å². The summed E-state index contributed by atoms with van der Waals surface area (Å²) in [5, 5.41) is 20.8. The Morgan fingerprint density at radius 2 is 1.80 bits per heavy atom. The SMILES string of the molecule is N#C/C(N)=C(\C#N)NC(=O)Nc1ccc(F)c(F)c1F. The second-order valence-corrected chi connectivity index (χ2v) is 3.31. The minimum Gasteiger partial charge on any atom is -0.388 e. The second-order valence-electron chi connectivity index (χ2n) is 3.31. The van der Waals surface area contributed by atoms with Crippen LogP contribution in [0.25, 0.3) is 0 Å². The summed E-state index contributed by atoms with van der Waals surface area (Å²) in [7, 11) is 0. The highest BCUT2D eigenvalue weighted by atomic mass is 19.2. The molecule has 0 radical (unpaired) electrons. The highest BCUT2D eigenvalue weighted by Crippen LogP contribution is 2.19. The topological polar surface area (TPSA) is 115 Å². The molecule has 0 heterocycles. The maximum Gasteiger partial charge on any atom is 0.324 e.